The van der Waals surface area contributed by atoms with Crippen molar-refractivity contribution in [2.75, 3.05) is 5.75 Å². The van der Waals surface area contributed by atoms with Gasteiger partial charge in [0.05, 0.1) is 11.2 Å². The second-order valence-electron chi connectivity index (χ2n) is 5.22. The van der Waals surface area contributed by atoms with E-state index in [1.807, 2.05) is 4.72 Å². The third-order valence-corrected chi connectivity index (χ3v) is 4.96. The largest absolute Gasteiger partial charge is 0.273 e. The van der Waals surface area contributed by atoms with E-state index in [2.05, 4.69) is 0 Å². The first-order chi connectivity index (χ1) is 9.23. The van der Waals surface area contributed by atoms with Crippen molar-refractivity contribution in [3.63, 3.8) is 0 Å². The normalized spacial score (nSPS) is 25.2. The summed E-state index contributed by atoms with van der Waals surface area (Å²) in [6.45, 7) is 1.42. The van der Waals surface area contributed by atoms with Gasteiger partial charge in [-0.3, -0.25) is 9.52 Å². The van der Waals surface area contributed by atoms with Crippen LogP contribution in [0, 0.1) is 5.41 Å². The molecule has 110 valence electrons. The molecule has 7 heteroatoms. The average molecular weight is 320 g/mol. The molecule has 1 aliphatic rings. The van der Waals surface area contributed by atoms with Crippen LogP contribution in [-0.4, -0.2) is 26.2 Å². The summed E-state index contributed by atoms with van der Waals surface area (Å²) in [5.74, 6) is -0.992. The van der Waals surface area contributed by atoms with E-state index >= 15 is 0 Å². The quantitative estimate of drug-likeness (QED) is 0.903. The fraction of sp³-hybridized carbons (Fsp3) is 0.462. The van der Waals surface area contributed by atoms with E-state index in [-0.39, 0.29) is 18.6 Å². The number of alkyl halides is 1. The van der Waals surface area contributed by atoms with Gasteiger partial charge >= 0.3 is 0 Å². The third-order valence-electron chi connectivity index (χ3n) is 3.47. The highest BCUT2D eigenvalue weighted by Crippen LogP contribution is 2.48. The first kappa shape index (κ1) is 15.3. The van der Waals surface area contributed by atoms with Gasteiger partial charge in [0, 0.05) is 5.02 Å². The lowest BCUT2D eigenvalue weighted by Gasteiger charge is -2.10. The number of rotatable bonds is 5. The van der Waals surface area contributed by atoms with Crippen LogP contribution in [-0.2, 0) is 21.2 Å². The van der Waals surface area contributed by atoms with E-state index in [1.54, 1.807) is 24.3 Å². The van der Waals surface area contributed by atoms with Crippen molar-refractivity contribution in [1.29, 1.82) is 0 Å². The smallest absolute Gasteiger partial charge is 0.242 e. The number of amides is 1. The van der Waals surface area contributed by atoms with E-state index in [4.69, 9.17) is 11.6 Å². The number of carbonyl (C=O) groups is 1. The van der Waals surface area contributed by atoms with E-state index in [9.17, 15) is 17.6 Å². The molecule has 0 bridgehead atoms. The fourth-order valence-corrected chi connectivity index (χ4v) is 3.01. The van der Waals surface area contributed by atoms with E-state index in [0.29, 0.717) is 5.02 Å². The summed E-state index contributed by atoms with van der Waals surface area (Å²) in [4.78, 5) is 11.7. The van der Waals surface area contributed by atoms with Crippen LogP contribution in [0.3, 0.4) is 0 Å². The standard InChI is InChI=1S/C13H15ClFNO3S/c1-13(8-11(13)15)12(17)16-20(18,19)7-6-9-2-4-10(14)5-3-9/h2-5,11H,6-8H2,1H3,(H,16,17). The molecule has 0 aliphatic heterocycles. The molecule has 0 radical (unpaired) electrons. The molecule has 2 unspecified atom stereocenters. The Bertz CT molecular complexity index is 617. The molecule has 1 aliphatic carbocycles. The zero-order chi connectivity index (χ0) is 15.0. The second-order valence-corrected chi connectivity index (χ2v) is 7.49. The van der Waals surface area contributed by atoms with E-state index in [0.717, 1.165) is 5.56 Å². The van der Waals surface area contributed by atoms with Gasteiger partial charge in [0.1, 0.15) is 6.17 Å². The first-order valence-electron chi connectivity index (χ1n) is 6.16. The maximum absolute atomic E-state index is 13.0. The van der Waals surface area contributed by atoms with Crippen molar-refractivity contribution in [2.24, 2.45) is 5.41 Å². The molecule has 0 heterocycles. The Morgan fingerprint density at radius 2 is 2.00 bits per heavy atom. The maximum Gasteiger partial charge on any atom is 0.242 e. The number of benzene rings is 1. The minimum absolute atomic E-state index is 0.0749. The van der Waals surface area contributed by atoms with Crippen LogP contribution in [0.4, 0.5) is 4.39 Å². The summed E-state index contributed by atoms with van der Waals surface area (Å²) in [7, 11) is -3.75. The van der Waals surface area contributed by atoms with Crippen LogP contribution >= 0.6 is 11.6 Å². The summed E-state index contributed by atoms with van der Waals surface area (Å²) >= 11 is 5.73. The van der Waals surface area contributed by atoms with Gasteiger partial charge < -0.3 is 0 Å². The SMILES string of the molecule is CC1(C(=O)NS(=O)(=O)CCc2ccc(Cl)cc2)CC1F. The third kappa shape index (κ3) is 3.49. The summed E-state index contributed by atoms with van der Waals surface area (Å²) < 4.78 is 38.5. The summed E-state index contributed by atoms with van der Waals surface area (Å²) in [6, 6.07) is 6.78. The number of halogens is 2. The number of aryl methyl sites for hydroxylation is 1. The second kappa shape index (κ2) is 5.33. The van der Waals surface area contributed by atoms with Crippen LogP contribution in [0.5, 0.6) is 0 Å². The van der Waals surface area contributed by atoms with E-state index < -0.39 is 27.5 Å². The Kier molecular flexibility index (Phi) is 4.07. The van der Waals surface area contributed by atoms with Crippen LogP contribution in [0.1, 0.15) is 18.9 Å². The van der Waals surface area contributed by atoms with Crippen molar-refractivity contribution in [3.05, 3.63) is 34.9 Å². The topological polar surface area (TPSA) is 63.2 Å². The first-order valence-corrected chi connectivity index (χ1v) is 8.19. The average Bonchev–Trinajstić information content (AvgIpc) is 2.98. The van der Waals surface area contributed by atoms with Crippen molar-refractivity contribution < 1.29 is 17.6 Å². The molecule has 1 aromatic carbocycles. The monoisotopic (exact) mass is 319 g/mol. The molecule has 4 nitrogen and oxygen atoms in total. The Morgan fingerprint density at radius 3 is 2.50 bits per heavy atom. The Morgan fingerprint density at radius 1 is 1.45 bits per heavy atom. The predicted octanol–water partition coefficient (Wildman–Crippen LogP) is 2.08. The summed E-state index contributed by atoms with van der Waals surface area (Å²) in [6.07, 6.45) is -0.921. The van der Waals surface area contributed by atoms with Crippen LogP contribution in [0.15, 0.2) is 24.3 Å². The molecule has 1 fully saturated rings. The van der Waals surface area contributed by atoms with Gasteiger partial charge in [-0.15, -0.1) is 0 Å². The number of carbonyl (C=O) groups excluding carboxylic acids is 1. The van der Waals surface area contributed by atoms with Crippen LogP contribution in [0.2, 0.25) is 5.02 Å². The molecule has 1 saturated carbocycles. The fourth-order valence-electron chi connectivity index (χ4n) is 1.76. The predicted molar refractivity (Wildman–Crippen MR) is 74.7 cm³/mol. The number of nitrogens with one attached hydrogen (secondary N) is 1. The highest BCUT2D eigenvalue weighted by molar-refractivity contribution is 7.90. The van der Waals surface area contributed by atoms with Gasteiger partial charge in [-0.25, -0.2) is 12.8 Å². The molecule has 2 atom stereocenters. The van der Waals surface area contributed by atoms with Crippen molar-refractivity contribution in [2.45, 2.75) is 25.9 Å². The lowest BCUT2D eigenvalue weighted by Crippen LogP contribution is -2.38. The van der Waals surface area contributed by atoms with Gasteiger partial charge in [-0.1, -0.05) is 23.7 Å². The van der Waals surface area contributed by atoms with Crippen molar-refractivity contribution in [1.82, 2.24) is 4.72 Å². The number of hydrogen-bond acceptors (Lipinski definition) is 3. The Labute approximate surface area is 122 Å². The molecule has 0 saturated heterocycles. The van der Waals surface area contributed by atoms with Gasteiger partial charge in [0.25, 0.3) is 0 Å². The summed E-state index contributed by atoms with van der Waals surface area (Å²) in [5.41, 5.74) is -0.388. The zero-order valence-corrected chi connectivity index (χ0v) is 12.5. The van der Waals surface area contributed by atoms with Crippen molar-refractivity contribution >= 4 is 27.5 Å². The maximum atomic E-state index is 13.0. The Balaban J connectivity index is 1.91. The Hall–Kier alpha value is -1.14. The van der Waals surface area contributed by atoms with Crippen LogP contribution in [0.25, 0.3) is 0 Å². The lowest BCUT2D eigenvalue weighted by molar-refractivity contribution is -0.124. The molecular weight excluding hydrogens is 305 g/mol. The molecule has 2 rings (SSSR count). The molecular formula is C13H15ClFNO3S. The van der Waals surface area contributed by atoms with Gasteiger partial charge in [-0.2, -0.15) is 0 Å². The van der Waals surface area contributed by atoms with Crippen molar-refractivity contribution in [3.8, 4) is 0 Å². The molecule has 1 N–H and O–H groups in total. The van der Waals surface area contributed by atoms with Gasteiger partial charge in [0.15, 0.2) is 0 Å². The minimum atomic E-state index is -3.75. The molecule has 1 amide bonds. The number of hydrogen-bond donors (Lipinski definition) is 1. The number of sulfonamides is 1. The lowest BCUT2D eigenvalue weighted by atomic mass is 10.1. The van der Waals surface area contributed by atoms with Gasteiger partial charge in [0.2, 0.25) is 15.9 Å². The molecule has 20 heavy (non-hydrogen) atoms. The highest BCUT2D eigenvalue weighted by atomic mass is 35.5. The van der Waals surface area contributed by atoms with Crippen LogP contribution < -0.4 is 4.72 Å². The molecule has 0 aromatic heterocycles. The zero-order valence-electron chi connectivity index (χ0n) is 10.9. The van der Waals surface area contributed by atoms with Gasteiger partial charge in [-0.05, 0) is 37.5 Å². The molecule has 1 aromatic rings. The molecule has 0 spiro atoms. The minimum Gasteiger partial charge on any atom is -0.273 e. The highest BCUT2D eigenvalue weighted by Gasteiger charge is 2.57. The van der Waals surface area contributed by atoms with E-state index in [1.165, 1.54) is 6.92 Å². The summed E-state index contributed by atoms with van der Waals surface area (Å²) in [5, 5.41) is 0.570.